The SMILES string of the molecule is COC(=O)c1cc(Cc2n[nH]c(=O)c3ccc(C)cc23)cc2c1OCC2. The average molecular weight is 350 g/mol. The number of methoxy groups -OCH3 is 1. The van der Waals surface area contributed by atoms with Gasteiger partial charge in [0.05, 0.1) is 24.8 Å². The predicted octanol–water partition coefficient (Wildman–Crippen LogP) is 2.54. The van der Waals surface area contributed by atoms with Gasteiger partial charge in [-0.25, -0.2) is 9.89 Å². The lowest BCUT2D eigenvalue weighted by Gasteiger charge is -2.11. The molecule has 0 fully saturated rings. The molecule has 0 saturated heterocycles. The van der Waals surface area contributed by atoms with E-state index in [1.165, 1.54) is 7.11 Å². The van der Waals surface area contributed by atoms with Crippen LogP contribution in [0.5, 0.6) is 5.75 Å². The molecule has 6 nitrogen and oxygen atoms in total. The summed E-state index contributed by atoms with van der Waals surface area (Å²) in [6.07, 6.45) is 1.25. The zero-order chi connectivity index (χ0) is 18.3. The number of H-pyrrole nitrogens is 1. The number of aryl methyl sites for hydroxylation is 1. The molecule has 3 aromatic rings. The Hall–Kier alpha value is -3.15. The third-order valence-electron chi connectivity index (χ3n) is 4.64. The summed E-state index contributed by atoms with van der Waals surface area (Å²) < 4.78 is 10.5. The van der Waals surface area contributed by atoms with Crippen molar-refractivity contribution in [2.75, 3.05) is 13.7 Å². The maximum absolute atomic E-state index is 12.1. The molecule has 0 aliphatic carbocycles. The lowest BCUT2D eigenvalue weighted by Crippen LogP contribution is -2.12. The second kappa shape index (κ2) is 6.29. The standard InChI is InChI=1S/C20H18N2O4/c1-11-3-4-14-15(7-11)17(21-22-19(14)23)10-12-8-13-5-6-26-18(13)16(9-12)20(24)25-2/h3-4,7-9H,5-6,10H2,1-2H3,(H,22,23). The number of benzene rings is 2. The van der Waals surface area contributed by atoms with Gasteiger partial charge >= 0.3 is 5.97 Å². The number of nitrogens with one attached hydrogen (secondary N) is 1. The highest BCUT2D eigenvalue weighted by Gasteiger charge is 2.23. The van der Waals surface area contributed by atoms with Crippen LogP contribution in [0.2, 0.25) is 0 Å². The zero-order valence-corrected chi connectivity index (χ0v) is 14.6. The maximum atomic E-state index is 12.1. The number of aromatic nitrogens is 2. The molecule has 0 spiro atoms. The summed E-state index contributed by atoms with van der Waals surface area (Å²) in [5.74, 6) is 0.191. The first-order valence-corrected chi connectivity index (χ1v) is 8.41. The van der Waals surface area contributed by atoms with E-state index in [0.717, 1.165) is 34.2 Å². The molecule has 2 heterocycles. The lowest BCUT2D eigenvalue weighted by atomic mass is 9.98. The van der Waals surface area contributed by atoms with E-state index in [2.05, 4.69) is 10.2 Å². The third-order valence-corrected chi connectivity index (χ3v) is 4.64. The van der Waals surface area contributed by atoms with Crippen molar-refractivity contribution in [3.05, 3.63) is 68.6 Å². The third kappa shape index (κ3) is 2.73. The van der Waals surface area contributed by atoms with Crippen LogP contribution in [-0.4, -0.2) is 29.9 Å². The second-order valence-corrected chi connectivity index (χ2v) is 6.45. The number of hydrogen-bond donors (Lipinski definition) is 1. The van der Waals surface area contributed by atoms with Crippen LogP contribution in [0.1, 0.15) is 32.7 Å². The Morgan fingerprint density at radius 3 is 2.92 bits per heavy atom. The highest BCUT2D eigenvalue weighted by molar-refractivity contribution is 5.93. The van der Waals surface area contributed by atoms with E-state index in [9.17, 15) is 9.59 Å². The number of aromatic amines is 1. The minimum absolute atomic E-state index is 0.207. The summed E-state index contributed by atoms with van der Waals surface area (Å²) in [7, 11) is 1.36. The van der Waals surface area contributed by atoms with E-state index in [1.54, 1.807) is 6.07 Å². The molecule has 2 aromatic carbocycles. The Balaban J connectivity index is 1.83. The van der Waals surface area contributed by atoms with Crippen molar-refractivity contribution in [2.45, 2.75) is 19.8 Å². The molecular formula is C20H18N2O4. The minimum atomic E-state index is -0.417. The zero-order valence-electron chi connectivity index (χ0n) is 14.6. The van der Waals surface area contributed by atoms with E-state index >= 15 is 0 Å². The van der Waals surface area contributed by atoms with Crippen LogP contribution in [0.25, 0.3) is 10.8 Å². The number of esters is 1. The topological polar surface area (TPSA) is 81.3 Å². The van der Waals surface area contributed by atoms with Crippen LogP contribution >= 0.6 is 0 Å². The van der Waals surface area contributed by atoms with Gasteiger partial charge in [-0.15, -0.1) is 0 Å². The van der Waals surface area contributed by atoms with Gasteiger partial charge in [0.1, 0.15) is 11.3 Å². The molecule has 26 heavy (non-hydrogen) atoms. The molecule has 6 heteroatoms. The first kappa shape index (κ1) is 16.3. The van der Waals surface area contributed by atoms with Crippen LogP contribution < -0.4 is 10.3 Å². The van der Waals surface area contributed by atoms with Gasteiger partial charge in [0.15, 0.2) is 0 Å². The van der Waals surface area contributed by atoms with Gasteiger partial charge in [-0.2, -0.15) is 5.10 Å². The molecule has 0 atom stereocenters. The summed E-state index contributed by atoms with van der Waals surface area (Å²) in [5, 5.41) is 8.24. The molecular weight excluding hydrogens is 332 g/mol. The number of nitrogens with zero attached hydrogens (tertiary/aromatic N) is 1. The average Bonchev–Trinajstić information content (AvgIpc) is 3.11. The van der Waals surface area contributed by atoms with Crippen molar-refractivity contribution in [3.8, 4) is 5.75 Å². The quantitative estimate of drug-likeness (QED) is 0.734. The van der Waals surface area contributed by atoms with Crippen molar-refractivity contribution in [1.82, 2.24) is 10.2 Å². The van der Waals surface area contributed by atoms with Crippen molar-refractivity contribution in [2.24, 2.45) is 0 Å². The molecule has 1 aliphatic heterocycles. The van der Waals surface area contributed by atoms with Gasteiger partial charge in [0.2, 0.25) is 0 Å². The Kier molecular flexibility index (Phi) is 3.95. The van der Waals surface area contributed by atoms with Gasteiger partial charge < -0.3 is 9.47 Å². The summed E-state index contributed by atoms with van der Waals surface area (Å²) in [6.45, 7) is 2.54. The number of ether oxygens (including phenoxy) is 2. The molecule has 1 N–H and O–H groups in total. The summed E-state index contributed by atoms with van der Waals surface area (Å²) >= 11 is 0. The fraction of sp³-hybridized carbons (Fsp3) is 0.250. The van der Waals surface area contributed by atoms with Crippen molar-refractivity contribution >= 4 is 16.7 Å². The molecule has 4 rings (SSSR count). The first-order valence-electron chi connectivity index (χ1n) is 8.41. The van der Waals surface area contributed by atoms with Crippen molar-refractivity contribution in [1.29, 1.82) is 0 Å². The van der Waals surface area contributed by atoms with Gasteiger partial charge in [-0.05, 0) is 36.2 Å². The Morgan fingerprint density at radius 2 is 2.12 bits per heavy atom. The number of fused-ring (bicyclic) bond motifs is 2. The molecule has 1 aromatic heterocycles. The highest BCUT2D eigenvalue weighted by Crippen LogP contribution is 2.32. The van der Waals surface area contributed by atoms with Crippen molar-refractivity contribution < 1.29 is 14.3 Å². The van der Waals surface area contributed by atoms with E-state index in [0.29, 0.717) is 29.7 Å². The van der Waals surface area contributed by atoms with E-state index in [-0.39, 0.29) is 5.56 Å². The van der Waals surface area contributed by atoms with E-state index in [1.807, 2.05) is 31.2 Å². The van der Waals surface area contributed by atoms with Crippen LogP contribution in [0.15, 0.2) is 35.1 Å². The molecule has 1 aliphatic rings. The summed E-state index contributed by atoms with van der Waals surface area (Å²) in [4.78, 5) is 24.1. The predicted molar refractivity (Wildman–Crippen MR) is 96.9 cm³/mol. The minimum Gasteiger partial charge on any atom is -0.492 e. The number of carbonyl (C=O) groups excluding carboxylic acids is 1. The fourth-order valence-corrected chi connectivity index (χ4v) is 3.40. The van der Waals surface area contributed by atoms with Gasteiger partial charge in [0, 0.05) is 18.2 Å². The Bertz CT molecular complexity index is 1090. The highest BCUT2D eigenvalue weighted by atomic mass is 16.5. The number of rotatable bonds is 3. The number of carbonyl (C=O) groups is 1. The molecule has 0 amide bonds. The maximum Gasteiger partial charge on any atom is 0.341 e. The van der Waals surface area contributed by atoms with Gasteiger partial charge in [-0.1, -0.05) is 17.7 Å². The molecule has 132 valence electrons. The normalized spacial score (nSPS) is 12.7. The summed E-state index contributed by atoms with van der Waals surface area (Å²) in [5.41, 5.74) is 3.97. The van der Waals surface area contributed by atoms with E-state index < -0.39 is 5.97 Å². The largest absolute Gasteiger partial charge is 0.492 e. The Morgan fingerprint density at radius 1 is 1.27 bits per heavy atom. The Labute approximate surface area is 149 Å². The van der Waals surface area contributed by atoms with Crippen LogP contribution in [0.4, 0.5) is 0 Å². The fourth-order valence-electron chi connectivity index (χ4n) is 3.40. The van der Waals surface area contributed by atoms with Gasteiger partial charge in [-0.3, -0.25) is 4.79 Å². The molecule has 0 saturated carbocycles. The van der Waals surface area contributed by atoms with Crippen LogP contribution in [-0.2, 0) is 17.6 Å². The number of hydrogen-bond acceptors (Lipinski definition) is 5. The van der Waals surface area contributed by atoms with Gasteiger partial charge in [0.25, 0.3) is 5.56 Å². The van der Waals surface area contributed by atoms with Crippen molar-refractivity contribution in [3.63, 3.8) is 0 Å². The van der Waals surface area contributed by atoms with E-state index in [4.69, 9.17) is 9.47 Å². The molecule has 0 radical (unpaired) electrons. The van der Waals surface area contributed by atoms with Crippen LogP contribution in [0, 0.1) is 6.92 Å². The smallest absolute Gasteiger partial charge is 0.341 e. The van der Waals surface area contributed by atoms with Crippen LogP contribution in [0.3, 0.4) is 0 Å². The molecule has 0 bridgehead atoms. The summed E-state index contributed by atoms with van der Waals surface area (Å²) in [6, 6.07) is 9.49. The lowest BCUT2D eigenvalue weighted by molar-refractivity contribution is 0.0597. The molecule has 0 unspecified atom stereocenters. The second-order valence-electron chi connectivity index (χ2n) is 6.45. The monoisotopic (exact) mass is 350 g/mol. The first-order chi connectivity index (χ1) is 12.6.